The molecule has 2 aromatic carbocycles. The summed E-state index contributed by atoms with van der Waals surface area (Å²) in [5, 5.41) is 7.70. The van der Waals surface area contributed by atoms with Crippen molar-refractivity contribution in [1.82, 2.24) is 20.4 Å². The van der Waals surface area contributed by atoms with E-state index in [-0.39, 0.29) is 18.5 Å². The molecule has 2 N–H and O–H groups in total. The molecule has 5 rings (SSSR count). The molecular formula is C26H28N4O4. The number of carbonyl (C=O) groups is 3. The van der Waals surface area contributed by atoms with E-state index in [0.717, 1.165) is 47.4 Å². The van der Waals surface area contributed by atoms with Crippen LogP contribution < -0.4 is 10.6 Å². The van der Waals surface area contributed by atoms with Gasteiger partial charge in [-0.1, -0.05) is 36.4 Å². The average molecular weight is 461 g/mol. The van der Waals surface area contributed by atoms with Gasteiger partial charge < -0.3 is 15.1 Å². The van der Waals surface area contributed by atoms with Crippen LogP contribution in [-0.4, -0.2) is 53.8 Å². The highest BCUT2D eigenvalue weighted by atomic mass is 16.3. The van der Waals surface area contributed by atoms with Gasteiger partial charge in [-0.05, 0) is 67.4 Å². The summed E-state index contributed by atoms with van der Waals surface area (Å²) in [5.74, 6) is -0.0341. The topological polar surface area (TPSA) is 94.9 Å². The van der Waals surface area contributed by atoms with Gasteiger partial charge in [0.1, 0.15) is 17.8 Å². The number of hydrogen-bond acceptors (Lipinski definition) is 5. The molecule has 8 heteroatoms. The normalized spacial score (nSPS) is 21.7. The van der Waals surface area contributed by atoms with Crippen molar-refractivity contribution in [2.24, 2.45) is 0 Å². The van der Waals surface area contributed by atoms with Crippen LogP contribution in [-0.2, 0) is 15.1 Å². The molecular weight excluding hydrogens is 432 g/mol. The van der Waals surface area contributed by atoms with E-state index in [1.165, 1.54) is 0 Å². The standard InChI is InChI=1S/C26H28N4O4/c1-26(20-11-10-18-7-2-3-8-19(18)15-20)24(32)30(25(33)28-26)17-23(31)27-16-21(22-9-6-14-34-22)29-12-4-5-13-29/h2-3,6-11,14-15,21H,4-5,12-13,16-17H2,1H3,(H,27,31)(H,28,33)/t21-,26+/m0/s1. The first-order valence-electron chi connectivity index (χ1n) is 11.6. The summed E-state index contributed by atoms with van der Waals surface area (Å²) in [6.07, 6.45) is 3.85. The number of urea groups is 1. The van der Waals surface area contributed by atoms with Crippen LogP contribution in [0.3, 0.4) is 0 Å². The van der Waals surface area contributed by atoms with Gasteiger partial charge in [-0.3, -0.25) is 19.4 Å². The number of furan rings is 1. The maximum atomic E-state index is 13.3. The third kappa shape index (κ3) is 4.05. The van der Waals surface area contributed by atoms with Gasteiger partial charge in [0.25, 0.3) is 5.91 Å². The second-order valence-electron chi connectivity index (χ2n) is 9.09. The molecule has 2 atom stereocenters. The third-order valence-electron chi connectivity index (χ3n) is 6.85. The summed E-state index contributed by atoms with van der Waals surface area (Å²) >= 11 is 0. The maximum absolute atomic E-state index is 13.3. The second-order valence-corrected chi connectivity index (χ2v) is 9.09. The van der Waals surface area contributed by atoms with Crippen molar-refractivity contribution in [1.29, 1.82) is 0 Å². The molecule has 0 unspecified atom stereocenters. The van der Waals surface area contributed by atoms with Gasteiger partial charge >= 0.3 is 6.03 Å². The van der Waals surface area contributed by atoms with Crippen molar-refractivity contribution in [3.05, 3.63) is 72.2 Å². The number of carbonyl (C=O) groups excluding carboxylic acids is 3. The fraction of sp³-hybridized carbons (Fsp3) is 0.346. The highest BCUT2D eigenvalue weighted by Gasteiger charge is 2.49. The molecule has 0 aliphatic carbocycles. The Morgan fingerprint density at radius 2 is 1.85 bits per heavy atom. The smallest absolute Gasteiger partial charge is 0.325 e. The monoisotopic (exact) mass is 460 g/mol. The minimum atomic E-state index is -1.23. The molecule has 3 aromatic rings. The van der Waals surface area contributed by atoms with E-state index in [0.29, 0.717) is 12.1 Å². The molecule has 2 saturated heterocycles. The first-order chi connectivity index (χ1) is 16.5. The van der Waals surface area contributed by atoms with E-state index in [2.05, 4.69) is 15.5 Å². The number of fused-ring (bicyclic) bond motifs is 1. The number of hydrogen-bond donors (Lipinski definition) is 2. The summed E-state index contributed by atoms with van der Waals surface area (Å²) in [4.78, 5) is 42.0. The van der Waals surface area contributed by atoms with Gasteiger partial charge in [-0.15, -0.1) is 0 Å². The van der Waals surface area contributed by atoms with Crippen LogP contribution >= 0.6 is 0 Å². The molecule has 2 aliphatic heterocycles. The Bertz CT molecular complexity index is 1220. The molecule has 8 nitrogen and oxygen atoms in total. The predicted octanol–water partition coefficient (Wildman–Crippen LogP) is 3.15. The van der Waals surface area contributed by atoms with Crippen molar-refractivity contribution >= 4 is 28.6 Å². The molecule has 176 valence electrons. The maximum Gasteiger partial charge on any atom is 0.325 e. The zero-order chi connectivity index (χ0) is 23.7. The van der Waals surface area contributed by atoms with Crippen molar-refractivity contribution in [3.63, 3.8) is 0 Å². The zero-order valence-corrected chi connectivity index (χ0v) is 19.1. The Balaban J connectivity index is 1.27. The van der Waals surface area contributed by atoms with Gasteiger partial charge in [0, 0.05) is 6.54 Å². The molecule has 2 fully saturated rings. The number of likely N-dealkylation sites (tertiary alicyclic amines) is 1. The second kappa shape index (κ2) is 8.95. The predicted molar refractivity (Wildman–Crippen MR) is 127 cm³/mol. The fourth-order valence-corrected chi connectivity index (χ4v) is 4.89. The van der Waals surface area contributed by atoms with Gasteiger partial charge in [0.05, 0.1) is 12.3 Å². The lowest BCUT2D eigenvalue weighted by molar-refractivity contribution is -0.134. The minimum Gasteiger partial charge on any atom is -0.468 e. The van der Waals surface area contributed by atoms with Crippen LogP contribution in [0.25, 0.3) is 10.8 Å². The first kappa shape index (κ1) is 22.2. The van der Waals surface area contributed by atoms with Crippen molar-refractivity contribution < 1.29 is 18.8 Å². The van der Waals surface area contributed by atoms with Crippen LogP contribution in [0.5, 0.6) is 0 Å². The van der Waals surface area contributed by atoms with Crippen LogP contribution in [0.2, 0.25) is 0 Å². The number of imide groups is 1. The summed E-state index contributed by atoms with van der Waals surface area (Å²) in [5.41, 5.74) is -0.549. The molecule has 3 heterocycles. The largest absolute Gasteiger partial charge is 0.468 e. The molecule has 0 radical (unpaired) electrons. The van der Waals surface area contributed by atoms with Crippen molar-refractivity contribution in [2.75, 3.05) is 26.2 Å². The van der Waals surface area contributed by atoms with Crippen LogP contribution in [0.15, 0.2) is 65.3 Å². The molecule has 1 aromatic heterocycles. The van der Waals surface area contributed by atoms with E-state index < -0.39 is 17.5 Å². The lowest BCUT2D eigenvalue weighted by Crippen LogP contribution is -2.44. The number of amides is 4. The third-order valence-corrected chi connectivity index (χ3v) is 6.85. The molecule has 0 spiro atoms. The SMILES string of the molecule is C[C@]1(c2ccc3ccccc3c2)NC(=O)N(CC(=O)NC[C@@H](c2ccco2)N2CCCC2)C1=O. The Morgan fingerprint density at radius 1 is 1.09 bits per heavy atom. The molecule has 2 aliphatic rings. The molecule has 0 bridgehead atoms. The summed E-state index contributed by atoms with van der Waals surface area (Å²) in [6, 6.07) is 16.6. The zero-order valence-electron chi connectivity index (χ0n) is 19.1. The van der Waals surface area contributed by atoms with Crippen LogP contribution in [0, 0.1) is 0 Å². The number of rotatable bonds is 7. The van der Waals surface area contributed by atoms with E-state index in [1.54, 1.807) is 13.2 Å². The van der Waals surface area contributed by atoms with Gasteiger partial charge in [0.2, 0.25) is 5.91 Å². The lowest BCUT2D eigenvalue weighted by Gasteiger charge is -2.26. The average Bonchev–Trinajstić information content (AvgIpc) is 3.60. The van der Waals surface area contributed by atoms with Crippen molar-refractivity contribution in [3.8, 4) is 0 Å². The highest BCUT2D eigenvalue weighted by Crippen LogP contribution is 2.31. The number of nitrogens with one attached hydrogen (secondary N) is 2. The van der Waals surface area contributed by atoms with Crippen LogP contribution in [0.4, 0.5) is 4.79 Å². The van der Waals surface area contributed by atoms with Gasteiger partial charge in [0.15, 0.2) is 0 Å². The number of benzene rings is 2. The molecule has 0 saturated carbocycles. The summed E-state index contributed by atoms with van der Waals surface area (Å²) in [7, 11) is 0. The van der Waals surface area contributed by atoms with E-state index in [4.69, 9.17) is 4.42 Å². The molecule has 34 heavy (non-hydrogen) atoms. The summed E-state index contributed by atoms with van der Waals surface area (Å²) < 4.78 is 5.59. The van der Waals surface area contributed by atoms with E-state index >= 15 is 0 Å². The Labute approximate surface area is 197 Å². The molecule has 4 amide bonds. The Morgan fingerprint density at radius 3 is 2.59 bits per heavy atom. The van der Waals surface area contributed by atoms with E-state index in [9.17, 15) is 14.4 Å². The van der Waals surface area contributed by atoms with Crippen LogP contribution in [0.1, 0.15) is 37.1 Å². The fourth-order valence-electron chi connectivity index (χ4n) is 4.89. The number of nitrogens with zero attached hydrogens (tertiary/aromatic N) is 2. The van der Waals surface area contributed by atoms with E-state index in [1.807, 2.05) is 54.6 Å². The van der Waals surface area contributed by atoms with Gasteiger partial charge in [-0.25, -0.2) is 4.79 Å². The minimum absolute atomic E-state index is 0.0765. The first-order valence-corrected chi connectivity index (χ1v) is 11.6. The highest BCUT2D eigenvalue weighted by molar-refractivity contribution is 6.09. The van der Waals surface area contributed by atoms with Crippen molar-refractivity contribution in [2.45, 2.75) is 31.3 Å². The Kier molecular flexibility index (Phi) is 5.83. The lowest BCUT2D eigenvalue weighted by atomic mass is 9.90. The summed E-state index contributed by atoms with van der Waals surface area (Å²) in [6.45, 7) is 3.57. The Hall–Kier alpha value is -3.65. The van der Waals surface area contributed by atoms with Gasteiger partial charge in [-0.2, -0.15) is 0 Å². The quantitative estimate of drug-likeness (QED) is 0.528.